The Morgan fingerprint density at radius 3 is 2.70 bits per heavy atom. The Kier molecular flexibility index (Phi) is 4.79. The van der Waals surface area contributed by atoms with Crippen LogP contribution in [0.15, 0.2) is 36.5 Å². The Morgan fingerprint density at radius 2 is 2.05 bits per heavy atom. The predicted molar refractivity (Wildman–Crippen MR) is 73.5 cm³/mol. The van der Waals surface area contributed by atoms with Gasteiger partial charge in [0.25, 0.3) is 0 Å². The molecular weight excluding hydrogens is 256 g/mol. The molecule has 0 radical (unpaired) electrons. The van der Waals surface area contributed by atoms with Gasteiger partial charge in [-0.15, -0.1) is 0 Å². The summed E-state index contributed by atoms with van der Waals surface area (Å²) in [5.74, 6) is -0.407. The van der Waals surface area contributed by atoms with Crippen molar-refractivity contribution < 1.29 is 14.6 Å². The zero-order valence-corrected chi connectivity index (χ0v) is 11.2. The van der Waals surface area contributed by atoms with Crippen LogP contribution in [0.25, 0.3) is 0 Å². The van der Waals surface area contributed by atoms with E-state index < -0.39 is 5.97 Å². The fourth-order valence-corrected chi connectivity index (χ4v) is 1.77. The van der Waals surface area contributed by atoms with E-state index in [1.807, 2.05) is 30.3 Å². The standard InChI is InChI=1S/C15H16N2O3/c1-11-13(15(18)19)9-16-14(17-11)7-8-20-10-12-5-3-2-4-6-12/h2-6,9H,7-8,10H2,1H3,(H,18,19). The molecule has 5 nitrogen and oxygen atoms in total. The number of nitrogens with zero attached hydrogens (tertiary/aromatic N) is 2. The Balaban J connectivity index is 1.83. The van der Waals surface area contributed by atoms with E-state index in [-0.39, 0.29) is 5.56 Å². The Morgan fingerprint density at radius 1 is 1.30 bits per heavy atom. The van der Waals surface area contributed by atoms with Crippen molar-refractivity contribution in [2.24, 2.45) is 0 Å². The summed E-state index contributed by atoms with van der Waals surface area (Å²) in [6.07, 6.45) is 1.91. The Bertz CT molecular complexity index is 585. The summed E-state index contributed by atoms with van der Waals surface area (Å²) < 4.78 is 5.54. The van der Waals surface area contributed by atoms with Gasteiger partial charge in [0, 0.05) is 12.6 Å². The van der Waals surface area contributed by atoms with Crippen LogP contribution in [0.5, 0.6) is 0 Å². The van der Waals surface area contributed by atoms with Gasteiger partial charge in [-0.25, -0.2) is 14.8 Å². The number of benzene rings is 1. The van der Waals surface area contributed by atoms with Crippen molar-refractivity contribution in [3.8, 4) is 0 Å². The van der Waals surface area contributed by atoms with E-state index in [1.54, 1.807) is 6.92 Å². The lowest BCUT2D eigenvalue weighted by molar-refractivity contribution is 0.0695. The van der Waals surface area contributed by atoms with Gasteiger partial charge in [0.2, 0.25) is 0 Å². The lowest BCUT2D eigenvalue weighted by Crippen LogP contribution is -2.08. The fraction of sp³-hybridized carbons (Fsp3) is 0.267. The largest absolute Gasteiger partial charge is 0.478 e. The van der Waals surface area contributed by atoms with Crippen molar-refractivity contribution in [1.82, 2.24) is 9.97 Å². The first kappa shape index (κ1) is 14.1. The van der Waals surface area contributed by atoms with Gasteiger partial charge in [-0.2, -0.15) is 0 Å². The molecule has 1 heterocycles. The highest BCUT2D eigenvalue weighted by atomic mass is 16.5. The quantitative estimate of drug-likeness (QED) is 0.816. The molecule has 2 rings (SSSR count). The summed E-state index contributed by atoms with van der Waals surface area (Å²) in [6, 6.07) is 9.90. The molecule has 0 fully saturated rings. The third kappa shape index (κ3) is 3.86. The van der Waals surface area contributed by atoms with Gasteiger partial charge in [-0.3, -0.25) is 0 Å². The van der Waals surface area contributed by atoms with Crippen molar-refractivity contribution in [1.29, 1.82) is 0 Å². The van der Waals surface area contributed by atoms with E-state index in [0.717, 1.165) is 5.56 Å². The lowest BCUT2D eigenvalue weighted by atomic mass is 10.2. The molecule has 0 bridgehead atoms. The summed E-state index contributed by atoms with van der Waals surface area (Å²) in [6.45, 7) is 2.72. The van der Waals surface area contributed by atoms with Gasteiger partial charge >= 0.3 is 5.97 Å². The van der Waals surface area contributed by atoms with Gasteiger partial charge in [0.1, 0.15) is 5.82 Å². The smallest absolute Gasteiger partial charge is 0.339 e. The van der Waals surface area contributed by atoms with Crippen LogP contribution in [-0.4, -0.2) is 27.7 Å². The molecule has 0 atom stereocenters. The second-order valence-corrected chi connectivity index (χ2v) is 4.38. The zero-order valence-electron chi connectivity index (χ0n) is 11.2. The van der Waals surface area contributed by atoms with E-state index in [4.69, 9.17) is 9.84 Å². The highest BCUT2D eigenvalue weighted by Gasteiger charge is 2.09. The number of aromatic carboxylic acids is 1. The first-order valence-electron chi connectivity index (χ1n) is 6.34. The van der Waals surface area contributed by atoms with E-state index in [0.29, 0.717) is 31.2 Å². The van der Waals surface area contributed by atoms with Crippen LogP contribution in [0.4, 0.5) is 0 Å². The molecule has 0 aliphatic carbocycles. The van der Waals surface area contributed by atoms with E-state index in [1.165, 1.54) is 6.20 Å². The Labute approximate surface area is 117 Å². The highest BCUT2D eigenvalue weighted by Crippen LogP contribution is 2.05. The molecule has 1 N–H and O–H groups in total. The summed E-state index contributed by atoms with van der Waals surface area (Å²) in [4.78, 5) is 19.0. The number of hydrogen-bond acceptors (Lipinski definition) is 4. The highest BCUT2D eigenvalue weighted by molar-refractivity contribution is 5.88. The summed E-state index contributed by atoms with van der Waals surface area (Å²) in [7, 11) is 0. The Hall–Kier alpha value is -2.27. The van der Waals surface area contributed by atoms with Gasteiger partial charge in [-0.1, -0.05) is 30.3 Å². The van der Waals surface area contributed by atoms with Crippen molar-refractivity contribution >= 4 is 5.97 Å². The van der Waals surface area contributed by atoms with Crippen LogP contribution >= 0.6 is 0 Å². The molecule has 0 aliphatic rings. The second-order valence-electron chi connectivity index (χ2n) is 4.38. The number of aromatic nitrogens is 2. The molecule has 0 unspecified atom stereocenters. The van der Waals surface area contributed by atoms with Gasteiger partial charge in [0.15, 0.2) is 0 Å². The molecule has 20 heavy (non-hydrogen) atoms. The van der Waals surface area contributed by atoms with E-state index in [2.05, 4.69) is 9.97 Å². The number of carboxylic acids is 1. The van der Waals surface area contributed by atoms with E-state index >= 15 is 0 Å². The molecule has 0 saturated carbocycles. The third-order valence-corrected chi connectivity index (χ3v) is 2.84. The molecule has 104 valence electrons. The molecule has 1 aromatic heterocycles. The number of hydrogen-bond donors (Lipinski definition) is 1. The first-order valence-corrected chi connectivity index (χ1v) is 6.34. The summed E-state index contributed by atoms with van der Waals surface area (Å²) >= 11 is 0. The van der Waals surface area contributed by atoms with Crippen LogP contribution in [-0.2, 0) is 17.8 Å². The molecular formula is C15H16N2O3. The maximum absolute atomic E-state index is 10.8. The maximum atomic E-state index is 10.8. The van der Waals surface area contributed by atoms with Gasteiger partial charge < -0.3 is 9.84 Å². The second kappa shape index (κ2) is 6.77. The van der Waals surface area contributed by atoms with Crippen LogP contribution in [0.1, 0.15) is 27.4 Å². The third-order valence-electron chi connectivity index (χ3n) is 2.84. The first-order chi connectivity index (χ1) is 9.66. The number of carbonyl (C=O) groups is 1. The predicted octanol–water partition coefficient (Wildman–Crippen LogP) is 2.24. The van der Waals surface area contributed by atoms with Crippen LogP contribution in [0.3, 0.4) is 0 Å². The molecule has 2 aromatic rings. The number of aryl methyl sites for hydroxylation is 1. The zero-order chi connectivity index (χ0) is 14.4. The molecule has 0 saturated heterocycles. The van der Waals surface area contributed by atoms with Crippen LogP contribution in [0.2, 0.25) is 0 Å². The van der Waals surface area contributed by atoms with Crippen LogP contribution < -0.4 is 0 Å². The monoisotopic (exact) mass is 272 g/mol. The van der Waals surface area contributed by atoms with E-state index in [9.17, 15) is 4.79 Å². The molecule has 0 aliphatic heterocycles. The van der Waals surface area contributed by atoms with Gasteiger partial charge in [-0.05, 0) is 12.5 Å². The molecule has 0 amide bonds. The fourth-order valence-electron chi connectivity index (χ4n) is 1.77. The van der Waals surface area contributed by atoms with Crippen molar-refractivity contribution in [2.75, 3.05) is 6.61 Å². The summed E-state index contributed by atoms with van der Waals surface area (Å²) in [5, 5.41) is 8.89. The lowest BCUT2D eigenvalue weighted by Gasteiger charge is -2.05. The maximum Gasteiger partial charge on any atom is 0.339 e. The van der Waals surface area contributed by atoms with Crippen molar-refractivity contribution in [3.63, 3.8) is 0 Å². The minimum atomic E-state index is -1.01. The molecule has 1 aromatic carbocycles. The minimum Gasteiger partial charge on any atom is -0.478 e. The average molecular weight is 272 g/mol. The normalized spacial score (nSPS) is 10.4. The molecule has 0 spiro atoms. The van der Waals surface area contributed by atoms with Crippen LogP contribution in [0, 0.1) is 6.92 Å². The minimum absolute atomic E-state index is 0.138. The number of ether oxygens (including phenoxy) is 1. The molecule has 5 heteroatoms. The number of carboxylic acid groups (broad SMARTS) is 1. The SMILES string of the molecule is Cc1nc(CCOCc2ccccc2)ncc1C(=O)O. The van der Waals surface area contributed by atoms with Gasteiger partial charge in [0.05, 0.1) is 24.5 Å². The average Bonchev–Trinajstić information content (AvgIpc) is 2.44. The van der Waals surface area contributed by atoms with Crippen molar-refractivity contribution in [2.45, 2.75) is 20.0 Å². The topological polar surface area (TPSA) is 72.3 Å². The number of rotatable bonds is 6. The summed E-state index contributed by atoms with van der Waals surface area (Å²) in [5.41, 5.74) is 1.73. The van der Waals surface area contributed by atoms with Crippen molar-refractivity contribution in [3.05, 3.63) is 59.2 Å².